The molecule has 17 heavy (non-hydrogen) atoms. The molecule has 1 N–H and O–H groups in total. The Morgan fingerprint density at radius 1 is 1.47 bits per heavy atom. The highest BCUT2D eigenvalue weighted by Gasteiger charge is 2.49. The number of rotatable bonds is 3. The van der Waals surface area contributed by atoms with Gasteiger partial charge in [0.2, 0.25) is 5.88 Å². The Labute approximate surface area is 99.4 Å². The zero-order valence-corrected chi connectivity index (χ0v) is 9.84. The number of aromatic nitrogens is 1. The zero-order chi connectivity index (χ0) is 12.5. The van der Waals surface area contributed by atoms with Gasteiger partial charge in [0.05, 0.1) is 25.8 Å². The Hall–Kier alpha value is -1.62. The van der Waals surface area contributed by atoms with Crippen molar-refractivity contribution in [3.8, 4) is 5.88 Å². The maximum atomic E-state index is 11.3. The lowest BCUT2D eigenvalue weighted by atomic mass is 9.69. The smallest absolute Gasteiger partial charge is 0.308 e. The molecular formula is C12H15NO4. The van der Waals surface area contributed by atoms with Crippen LogP contribution < -0.4 is 4.74 Å². The molecule has 1 aliphatic carbocycles. The van der Waals surface area contributed by atoms with Crippen LogP contribution >= 0.6 is 0 Å². The summed E-state index contributed by atoms with van der Waals surface area (Å²) in [6.45, 7) is 0. The van der Waals surface area contributed by atoms with E-state index in [0.717, 1.165) is 0 Å². The van der Waals surface area contributed by atoms with Crippen molar-refractivity contribution >= 4 is 5.97 Å². The number of carbonyl (C=O) groups excluding carboxylic acids is 1. The summed E-state index contributed by atoms with van der Waals surface area (Å²) in [5.41, 5.74) is -0.495. The number of pyridine rings is 1. The van der Waals surface area contributed by atoms with Crippen molar-refractivity contribution in [1.29, 1.82) is 0 Å². The molecule has 5 heteroatoms. The highest BCUT2D eigenvalue weighted by Crippen LogP contribution is 2.45. The Morgan fingerprint density at radius 3 is 2.76 bits per heavy atom. The van der Waals surface area contributed by atoms with E-state index in [4.69, 9.17) is 4.74 Å². The Bertz CT molecular complexity index is 426. The largest absolute Gasteiger partial charge is 0.481 e. The second kappa shape index (κ2) is 4.33. The van der Waals surface area contributed by atoms with Crippen LogP contribution in [0.15, 0.2) is 18.2 Å². The minimum atomic E-state index is -1.03. The summed E-state index contributed by atoms with van der Waals surface area (Å²) < 4.78 is 9.63. The molecule has 0 spiro atoms. The lowest BCUT2D eigenvalue weighted by Gasteiger charge is -2.41. The molecule has 2 rings (SSSR count). The van der Waals surface area contributed by atoms with Gasteiger partial charge in [0, 0.05) is 6.07 Å². The second-order valence-electron chi connectivity index (χ2n) is 4.23. The third kappa shape index (κ3) is 2.10. The second-order valence-corrected chi connectivity index (χ2v) is 4.23. The molecule has 0 aromatic carbocycles. The minimum absolute atomic E-state index is 0.238. The normalized spacial score (nSPS) is 27.1. The van der Waals surface area contributed by atoms with Crippen molar-refractivity contribution in [2.45, 2.75) is 18.4 Å². The molecule has 1 heterocycles. The predicted molar refractivity (Wildman–Crippen MR) is 59.4 cm³/mol. The average molecular weight is 237 g/mol. The van der Waals surface area contributed by atoms with E-state index in [9.17, 15) is 9.90 Å². The maximum Gasteiger partial charge on any atom is 0.308 e. The van der Waals surface area contributed by atoms with Gasteiger partial charge in [-0.05, 0) is 18.9 Å². The fourth-order valence-corrected chi connectivity index (χ4v) is 2.09. The van der Waals surface area contributed by atoms with Crippen molar-refractivity contribution in [2.75, 3.05) is 14.2 Å². The summed E-state index contributed by atoms with van der Waals surface area (Å²) in [4.78, 5) is 15.4. The summed E-state index contributed by atoms with van der Waals surface area (Å²) >= 11 is 0. The predicted octanol–water partition coefficient (Wildman–Crippen LogP) is 0.861. The topological polar surface area (TPSA) is 68.7 Å². The molecule has 92 valence electrons. The number of carbonyl (C=O) groups is 1. The van der Waals surface area contributed by atoms with Crippen molar-refractivity contribution < 1.29 is 19.4 Å². The zero-order valence-electron chi connectivity index (χ0n) is 9.84. The van der Waals surface area contributed by atoms with Crippen LogP contribution in [0.25, 0.3) is 0 Å². The van der Waals surface area contributed by atoms with Crippen molar-refractivity contribution in [3.05, 3.63) is 23.9 Å². The number of hydrogen-bond donors (Lipinski definition) is 1. The molecule has 0 aliphatic heterocycles. The molecule has 1 fully saturated rings. The van der Waals surface area contributed by atoms with Crippen molar-refractivity contribution in [1.82, 2.24) is 4.98 Å². The molecule has 1 aliphatic rings. The third-order valence-corrected chi connectivity index (χ3v) is 3.11. The van der Waals surface area contributed by atoms with Crippen molar-refractivity contribution in [3.63, 3.8) is 0 Å². The van der Waals surface area contributed by atoms with E-state index in [1.807, 2.05) is 0 Å². The number of aliphatic hydroxyl groups is 1. The van der Waals surface area contributed by atoms with Crippen LogP contribution in [0.3, 0.4) is 0 Å². The van der Waals surface area contributed by atoms with Gasteiger partial charge in [-0.2, -0.15) is 0 Å². The molecule has 0 atom stereocenters. The summed E-state index contributed by atoms with van der Waals surface area (Å²) in [6, 6.07) is 5.21. The fourth-order valence-electron chi connectivity index (χ4n) is 2.09. The monoisotopic (exact) mass is 237 g/mol. The van der Waals surface area contributed by atoms with Crippen LogP contribution in [0.5, 0.6) is 5.88 Å². The van der Waals surface area contributed by atoms with Gasteiger partial charge in [-0.1, -0.05) is 6.07 Å². The summed E-state index contributed by atoms with van der Waals surface area (Å²) in [5, 5.41) is 10.3. The highest BCUT2D eigenvalue weighted by atomic mass is 16.5. The van der Waals surface area contributed by atoms with Crippen LogP contribution in [-0.4, -0.2) is 30.3 Å². The summed E-state index contributed by atoms with van der Waals surface area (Å²) in [7, 11) is 2.87. The Balaban J connectivity index is 2.11. The average Bonchev–Trinajstić information content (AvgIpc) is 2.34. The molecule has 0 unspecified atom stereocenters. The number of ether oxygens (including phenoxy) is 2. The standard InChI is InChI=1S/C12H15NO4/c1-16-10-5-3-4-9(13-10)12(15)6-8(7-12)11(14)17-2/h3-5,8,15H,6-7H2,1-2H3. The van der Waals surface area contributed by atoms with Gasteiger partial charge >= 0.3 is 5.97 Å². The molecule has 0 amide bonds. The molecular weight excluding hydrogens is 222 g/mol. The van der Waals surface area contributed by atoms with Gasteiger partial charge in [0.15, 0.2) is 0 Å². The molecule has 5 nitrogen and oxygen atoms in total. The van der Waals surface area contributed by atoms with Gasteiger partial charge in [0.1, 0.15) is 5.60 Å². The number of methoxy groups -OCH3 is 2. The number of nitrogens with zero attached hydrogens (tertiary/aromatic N) is 1. The van der Waals surface area contributed by atoms with E-state index in [2.05, 4.69) is 9.72 Å². The van der Waals surface area contributed by atoms with Gasteiger partial charge < -0.3 is 14.6 Å². The maximum absolute atomic E-state index is 11.3. The van der Waals surface area contributed by atoms with Crippen LogP contribution in [-0.2, 0) is 15.1 Å². The van der Waals surface area contributed by atoms with Gasteiger partial charge in [0.25, 0.3) is 0 Å². The molecule has 1 saturated carbocycles. The van der Waals surface area contributed by atoms with Crippen LogP contribution in [0, 0.1) is 5.92 Å². The fraction of sp³-hybridized carbons (Fsp3) is 0.500. The summed E-state index contributed by atoms with van der Waals surface area (Å²) in [5.74, 6) is -0.0620. The van der Waals surface area contributed by atoms with E-state index in [1.54, 1.807) is 18.2 Å². The van der Waals surface area contributed by atoms with Gasteiger partial charge in [-0.25, -0.2) is 4.98 Å². The molecule has 0 radical (unpaired) electrons. The van der Waals surface area contributed by atoms with Crippen molar-refractivity contribution in [2.24, 2.45) is 5.92 Å². The SMILES string of the molecule is COC(=O)C1CC(O)(c2cccc(OC)n2)C1. The number of esters is 1. The first kappa shape index (κ1) is 11.9. The first-order chi connectivity index (χ1) is 8.09. The lowest BCUT2D eigenvalue weighted by molar-refractivity contribution is -0.163. The van der Waals surface area contributed by atoms with Gasteiger partial charge in [-0.15, -0.1) is 0 Å². The van der Waals surface area contributed by atoms with E-state index in [1.165, 1.54) is 14.2 Å². The Morgan fingerprint density at radius 2 is 2.18 bits per heavy atom. The number of hydrogen-bond acceptors (Lipinski definition) is 5. The van der Waals surface area contributed by atoms with Crippen LogP contribution in [0.1, 0.15) is 18.5 Å². The first-order valence-corrected chi connectivity index (χ1v) is 5.41. The van der Waals surface area contributed by atoms with E-state index >= 15 is 0 Å². The molecule has 1 aromatic heterocycles. The van der Waals surface area contributed by atoms with E-state index in [0.29, 0.717) is 24.4 Å². The van der Waals surface area contributed by atoms with Crippen LogP contribution in [0.2, 0.25) is 0 Å². The lowest BCUT2D eigenvalue weighted by Crippen LogP contribution is -2.45. The first-order valence-electron chi connectivity index (χ1n) is 5.41. The molecule has 1 aromatic rings. The van der Waals surface area contributed by atoms with Gasteiger partial charge in [-0.3, -0.25) is 4.79 Å². The molecule has 0 bridgehead atoms. The van der Waals surface area contributed by atoms with E-state index in [-0.39, 0.29) is 11.9 Å². The highest BCUT2D eigenvalue weighted by molar-refractivity contribution is 5.74. The molecule has 0 saturated heterocycles. The van der Waals surface area contributed by atoms with E-state index < -0.39 is 5.60 Å². The quantitative estimate of drug-likeness (QED) is 0.790. The summed E-state index contributed by atoms with van der Waals surface area (Å²) in [6.07, 6.45) is 0.694. The Kier molecular flexibility index (Phi) is 3.02. The van der Waals surface area contributed by atoms with Crippen LogP contribution in [0.4, 0.5) is 0 Å². The third-order valence-electron chi connectivity index (χ3n) is 3.11. The minimum Gasteiger partial charge on any atom is -0.481 e.